The molecule has 1 fully saturated rings. The second-order valence-corrected chi connectivity index (χ2v) is 6.78. The van der Waals surface area contributed by atoms with Crippen LogP contribution in [0.2, 0.25) is 5.02 Å². The minimum Gasteiger partial charge on any atom is -0.339 e. The highest BCUT2D eigenvalue weighted by atomic mass is 35.5. The number of hydrogen-bond acceptors (Lipinski definition) is 5. The topological polar surface area (TPSA) is 85.2 Å². The van der Waals surface area contributed by atoms with Gasteiger partial charge in [-0.2, -0.15) is 4.98 Å². The Morgan fingerprint density at radius 1 is 1.32 bits per heavy atom. The van der Waals surface area contributed by atoms with E-state index in [9.17, 15) is 4.79 Å². The summed E-state index contributed by atoms with van der Waals surface area (Å²) in [7, 11) is 0. The van der Waals surface area contributed by atoms with Gasteiger partial charge in [0.05, 0.1) is 0 Å². The fourth-order valence-corrected chi connectivity index (χ4v) is 3.31. The predicted molar refractivity (Wildman–Crippen MR) is 96.1 cm³/mol. The van der Waals surface area contributed by atoms with E-state index in [4.69, 9.17) is 21.9 Å². The average molecular weight is 363 g/mol. The number of nitrogens with two attached hydrogens (primary N) is 1. The lowest BCUT2D eigenvalue weighted by Crippen LogP contribution is -2.47. The number of hydrogen-bond donors (Lipinski definition) is 1. The molecule has 1 aromatic carbocycles. The van der Waals surface area contributed by atoms with E-state index in [1.165, 1.54) is 0 Å². The third kappa shape index (κ3) is 4.58. The maximum absolute atomic E-state index is 12.4. The number of aromatic nitrogens is 2. The Hall–Kier alpha value is -1.92. The van der Waals surface area contributed by atoms with Crippen LogP contribution < -0.4 is 5.73 Å². The lowest BCUT2D eigenvalue weighted by molar-refractivity contribution is -0.134. The average Bonchev–Trinajstić information content (AvgIpc) is 3.11. The predicted octanol–water partition coefficient (Wildman–Crippen LogP) is 3.05. The van der Waals surface area contributed by atoms with Crippen LogP contribution in [0.15, 0.2) is 28.8 Å². The number of aryl methyl sites for hydroxylation is 1. The Morgan fingerprint density at radius 3 is 2.88 bits per heavy atom. The molecule has 0 radical (unpaired) electrons. The van der Waals surface area contributed by atoms with Crippen molar-refractivity contribution >= 4 is 17.5 Å². The third-order valence-electron chi connectivity index (χ3n) is 4.57. The van der Waals surface area contributed by atoms with Crippen LogP contribution in [0, 0.1) is 0 Å². The molecule has 25 heavy (non-hydrogen) atoms. The Bertz CT molecular complexity index is 701. The largest absolute Gasteiger partial charge is 0.339 e. The van der Waals surface area contributed by atoms with Crippen molar-refractivity contribution in [3.05, 3.63) is 35.2 Å². The molecule has 1 atom stereocenters. The molecule has 1 aliphatic rings. The highest BCUT2D eigenvalue weighted by Crippen LogP contribution is 2.20. The number of nitrogens with zero attached hydrogens (tertiary/aromatic N) is 3. The molecule has 0 spiro atoms. The van der Waals surface area contributed by atoms with Gasteiger partial charge in [0.2, 0.25) is 17.6 Å². The van der Waals surface area contributed by atoms with E-state index in [1.807, 2.05) is 17.0 Å². The Kier molecular flexibility index (Phi) is 6.04. The molecule has 2 aromatic rings. The first-order chi connectivity index (χ1) is 12.2. The molecular formula is C18H23ClN4O2. The quantitative estimate of drug-likeness (QED) is 0.853. The Labute approximate surface area is 152 Å². The maximum Gasteiger partial charge on any atom is 0.226 e. The highest BCUT2D eigenvalue weighted by molar-refractivity contribution is 6.30. The van der Waals surface area contributed by atoms with E-state index in [0.717, 1.165) is 31.4 Å². The summed E-state index contributed by atoms with van der Waals surface area (Å²) in [5.74, 6) is 1.26. The molecule has 3 rings (SSSR count). The smallest absolute Gasteiger partial charge is 0.226 e. The fraction of sp³-hybridized carbons (Fsp3) is 0.500. The summed E-state index contributed by atoms with van der Waals surface area (Å²) in [6.45, 7) is 1.36. The summed E-state index contributed by atoms with van der Waals surface area (Å²) in [6.07, 6.45) is 4.99. The highest BCUT2D eigenvalue weighted by Gasteiger charge is 2.25. The number of amides is 1. The van der Waals surface area contributed by atoms with Crippen molar-refractivity contribution < 1.29 is 9.32 Å². The fourth-order valence-electron chi connectivity index (χ4n) is 3.18. The van der Waals surface area contributed by atoms with E-state index in [1.54, 1.807) is 12.1 Å². The molecule has 0 saturated carbocycles. The van der Waals surface area contributed by atoms with Crippen molar-refractivity contribution in [2.24, 2.45) is 5.73 Å². The summed E-state index contributed by atoms with van der Waals surface area (Å²) in [4.78, 5) is 18.7. The number of piperidine rings is 1. The van der Waals surface area contributed by atoms with E-state index in [-0.39, 0.29) is 11.9 Å². The van der Waals surface area contributed by atoms with Gasteiger partial charge in [0.25, 0.3) is 0 Å². The van der Waals surface area contributed by atoms with Gasteiger partial charge in [-0.1, -0.05) is 16.8 Å². The van der Waals surface area contributed by atoms with Crippen LogP contribution in [-0.2, 0) is 11.2 Å². The van der Waals surface area contributed by atoms with Crippen molar-refractivity contribution in [3.63, 3.8) is 0 Å². The molecule has 1 aliphatic heterocycles. The zero-order chi connectivity index (χ0) is 17.6. The molecule has 6 nitrogen and oxygen atoms in total. The number of rotatable bonds is 6. The zero-order valence-electron chi connectivity index (χ0n) is 14.2. The van der Waals surface area contributed by atoms with Crippen molar-refractivity contribution in [3.8, 4) is 11.4 Å². The number of benzene rings is 1. The lowest BCUT2D eigenvalue weighted by atomic mass is 10.0. The van der Waals surface area contributed by atoms with Crippen LogP contribution in [-0.4, -0.2) is 40.1 Å². The molecule has 134 valence electrons. The first-order valence-corrected chi connectivity index (χ1v) is 9.13. The van der Waals surface area contributed by atoms with Crippen LogP contribution in [0.25, 0.3) is 11.4 Å². The molecule has 0 aliphatic carbocycles. The Morgan fingerprint density at radius 2 is 2.12 bits per heavy atom. The van der Waals surface area contributed by atoms with Crippen LogP contribution in [0.3, 0.4) is 0 Å². The SMILES string of the molecule is NCC1CCCCN1C(=O)CCCc1nc(-c2ccc(Cl)cc2)no1. The first-order valence-electron chi connectivity index (χ1n) is 8.75. The maximum atomic E-state index is 12.4. The second kappa shape index (κ2) is 8.45. The van der Waals surface area contributed by atoms with E-state index >= 15 is 0 Å². The number of carbonyl (C=O) groups is 1. The van der Waals surface area contributed by atoms with E-state index in [0.29, 0.717) is 42.5 Å². The number of halogens is 1. The van der Waals surface area contributed by atoms with Gasteiger partial charge >= 0.3 is 0 Å². The van der Waals surface area contributed by atoms with E-state index in [2.05, 4.69) is 10.1 Å². The van der Waals surface area contributed by atoms with Gasteiger partial charge in [-0.3, -0.25) is 4.79 Å². The molecule has 2 N–H and O–H groups in total. The summed E-state index contributed by atoms with van der Waals surface area (Å²) < 4.78 is 5.28. The Balaban J connectivity index is 1.50. The molecule has 1 aromatic heterocycles. The van der Waals surface area contributed by atoms with Gasteiger partial charge in [-0.15, -0.1) is 0 Å². The summed E-state index contributed by atoms with van der Waals surface area (Å²) in [6, 6.07) is 7.48. The van der Waals surface area contributed by atoms with Crippen LogP contribution in [0.5, 0.6) is 0 Å². The zero-order valence-corrected chi connectivity index (χ0v) is 14.9. The van der Waals surface area contributed by atoms with Crippen LogP contribution >= 0.6 is 11.6 Å². The normalized spacial score (nSPS) is 17.7. The van der Waals surface area contributed by atoms with E-state index < -0.39 is 0 Å². The monoisotopic (exact) mass is 362 g/mol. The molecule has 1 unspecified atom stereocenters. The molecule has 1 amide bonds. The summed E-state index contributed by atoms with van der Waals surface area (Å²) >= 11 is 5.88. The lowest BCUT2D eigenvalue weighted by Gasteiger charge is -2.35. The van der Waals surface area contributed by atoms with Crippen molar-refractivity contribution in [1.29, 1.82) is 0 Å². The van der Waals surface area contributed by atoms with Gasteiger partial charge in [0, 0.05) is 42.6 Å². The molecule has 7 heteroatoms. The number of carbonyl (C=O) groups excluding carboxylic acids is 1. The van der Waals surface area contributed by atoms with Gasteiger partial charge in [-0.25, -0.2) is 0 Å². The third-order valence-corrected chi connectivity index (χ3v) is 4.82. The molecule has 1 saturated heterocycles. The standard InChI is InChI=1S/C18H23ClN4O2/c19-14-9-7-13(8-10-14)18-21-16(25-22-18)5-3-6-17(24)23-11-2-1-4-15(23)12-20/h7-10,15H,1-6,11-12,20H2. The molecular weight excluding hydrogens is 340 g/mol. The number of likely N-dealkylation sites (tertiary alicyclic amines) is 1. The van der Waals surface area contributed by atoms with Crippen molar-refractivity contribution in [2.75, 3.05) is 13.1 Å². The van der Waals surface area contributed by atoms with Crippen molar-refractivity contribution in [1.82, 2.24) is 15.0 Å². The first kappa shape index (κ1) is 17.9. The van der Waals surface area contributed by atoms with Crippen molar-refractivity contribution in [2.45, 2.75) is 44.6 Å². The second-order valence-electron chi connectivity index (χ2n) is 6.34. The van der Waals surface area contributed by atoms with Gasteiger partial charge in [0.15, 0.2) is 0 Å². The minimum absolute atomic E-state index is 0.174. The summed E-state index contributed by atoms with van der Waals surface area (Å²) in [5.41, 5.74) is 6.64. The van der Waals surface area contributed by atoms with Gasteiger partial charge < -0.3 is 15.2 Å². The summed E-state index contributed by atoms with van der Waals surface area (Å²) in [5, 5.41) is 4.65. The van der Waals surface area contributed by atoms with Crippen LogP contribution in [0.1, 0.15) is 38.0 Å². The minimum atomic E-state index is 0.174. The molecule has 2 heterocycles. The van der Waals surface area contributed by atoms with Gasteiger partial charge in [0.1, 0.15) is 0 Å². The van der Waals surface area contributed by atoms with Gasteiger partial charge in [-0.05, 0) is 49.9 Å². The van der Waals surface area contributed by atoms with Crippen LogP contribution in [0.4, 0.5) is 0 Å². The molecule has 0 bridgehead atoms.